The van der Waals surface area contributed by atoms with Crippen molar-refractivity contribution in [2.75, 3.05) is 31.6 Å². The quantitative estimate of drug-likeness (QED) is 0.878. The third kappa shape index (κ3) is 4.07. The summed E-state index contributed by atoms with van der Waals surface area (Å²) in [5.74, 6) is 0.00670. The molecule has 126 valence electrons. The summed E-state index contributed by atoms with van der Waals surface area (Å²) < 4.78 is 5.91. The first kappa shape index (κ1) is 16.4. The van der Waals surface area contributed by atoms with Crippen molar-refractivity contribution in [3.05, 3.63) is 24.5 Å². The lowest BCUT2D eigenvalue weighted by Crippen LogP contribution is -2.55. The Hall–Kier alpha value is -1.50. The Morgan fingerprint density at radius 2 is 2.30 bits per heavy atom. The van der Waals surface area contributed by atoms with Crippen LogP contribution in [0.3, 0.4) is 0 Å². The van der Waals surface area contributed by atoms with Gasteiger partial charge in [0.2, 0.25) is 5.91 Å². The number of ether oxygens (including phenoxy) is 1. The number of likely N-dealkylation sites (tertiary alicyclic amines) is 1. The standard InChI is InChI=1S/C17H25N3O3/c21-15-4-2-12-23-17(15)6-10-20(11-7-17)9-5-16(22)19-14-3-1-8-18-13-14/h1,3,8,13,15,21H,2,4-7,9-12H2,(H,19,22)/t15-/m0/s1. The average Bonchev–Trinajstić information content (AvgIpc) is 2.58. The summed E-state index contributed by atoms with van der Waals surface area (Å²) in [6.45, 7) is 3.23. The molecule has 1 amide bonds. The highest BCUT2D eigenvalue weighted by atomic mass is 16.5. The fourth-order valence-electron chi connectivity index (χ4n) is 3.46. The van der Waals surface area contributed by atoms with E-state index in [0.717, 1.165) is 57.6 Å². The maximum Gasteiger partial charge on any atom is 0.225 e. The third-order valence-electron chi connectivity index (χ3n) is 4.92. The highest BCUT2D eigenvalue weighted by molar-refractivity contribution is 5.90. The van der Waals surface area contributed by atoms with Crippen LogP contribution in [0.4, 0.5) is 5.69 Å². The zero-order valence-corrected chi connectivity index (χ0v) is 13.4. The van der Waals surface area contributed by atoms with Crippen molar-refractivity contribution in [2.24, 2.45) is 0 Å². The van der Waals surface area contributed by atoms with E-state index in [1.54, 1.807) is 18.5 Å². The van der Waals surface area contributed by atoms with E-state index in [1.165, 1.54) is 0 Å². The second-order valence-corrected chi connectivity index (χ2v) is 6.45. The molecule has 2 N–H and O–H groups in total. The summed E-state index contributed by atoms with van der Waals surface area (Å²) >= 11 is 0. The number of carbonyl (C=O) groups excluding carboxylic acids is 1. The number of anilines is 1. The molecule has 0 aliphatic carbocycles. The molecule has 3 heterocycles. The topological polar surface area (TPSA) is 74.7 Å². The molecule has 3 rings (SSSR count). The first-order chi connectivity index (χ1) is 11.2. The van der Waals surface area contributed by atoms with E-state index in [4.69, 9.17) is 4.74 Å². The number of nitrogens with one attached hydrogen (secondary N) is 1. The Bertz CT molecular complexity index is 515. The first-order valence-electron chi connectivity index (χ1n) is 8.42. The zero-order valence-electron chi connectivity index (χ0n) is 13.4. The summed E-state index contributed by atoms with van der Waals surface area (Å²) in [5.41, 5.74) is 0.390. The number of piperidine rings is 1. The SMILES string of the molecule is O=C(CCN1CCC2(CC1)OCCC[C@@H]2O)Nc1cccnc1. The molecule has 2 saturated heterocycles. The molecule has 2 aliphatic heterocycles. The summed E-state index contributed by atoms with van der Waals surface area (Å²) in [5, 5.41) is 13.1. The second kappa shape index (κ2) is 7.38. The molecule has 1 aromatic heterocycles. The molecule has 1 spiro atoms. The van der Waals surface area contributed by atoms with Gasteiger partial charge >= 0.3 is 0 Å². The van der Waals surface area contributed by atoms with Crippen LogP contribution >= 0.6 is 0 Å². The van der Waals surface area contributed by atoms with E-state index < -0.39 is 0 Å². The molecule has 2 fully saturated rings. The van der Waals surface area contributed by atoms with Gasteiger partial charge in [-0.05, 0) is 37.8 Å². The highest BCUT2D eigenvalue weighted by Gasteiger charge is 2.43. The van der Waals surface area contributed by atoms with Crippen LogP contribution < -0.4 is 5.32 Å². The van der Waals surface area contributed by atoms with Gasteiger partial charge in [0.25, 0.3) is 0 Å². The lowest BCUT2D eigenvalue weighted by atomic mass is 9.82. The number of amides is 1. The van der Waals surface area contributed by atoms with Crippen molar-refractivity contribution in [2.45, 2.75) is 43.8 Å². The Labute approximate surface area is 136 Å². The average molecular weight is 319 g/mol. The number of carbonyl (C=O) groups is 1. The number of aromatic nitrogens is 1. The van der Waals surface area contributed by atoms with Gasteiger partial charge in [0.15, 0.2) is 0 Å². The molecule has 0 bridgehead atoms. The molecule has 6 nitrogen and oxygen atoms in total. The third-order valence-corrected chi connectivity index (χ3v) is 4.92. The van der Waals surface area contributed by atoms with Gasteiger partial charge < -0.3 is 20.1 Å². The van der Waals surface area contributed by atoms with Crippen molar-refractivity contribution in [3.8, 4) is 0 Å². The fraction of sp³-hybridized carbons (Fsp3) is 0.647. The lowest BCUT2D eigenvalue weighted by Gasteiger charge is -2.46. The van der Waals surface area contributed by atoms with Crippen molar-refractivity contribution in [1.82, 2.24) is 9.88 Å². The number of rotatable bonds is 4. The number of pyridine rings is 1. The Morgan fingerprint density at radius 3 is 3.00 bits per heavy atom. The van der Waals surface area contributed by atoms with E-state index in [0.29, 0.717) is 6.42 Å². The van der Waals surface area contributed by atoms with Gasteiger partial charge in [-0.1, -0.05) is 0 Å². The van der Waals surface area contributed by atoms with Gasteiger partial charge in [-0.3, -0.25) is 9.78 Å². The van der Waals surface area contributed by atoms with E-state index in [9.17, 15) is 9.90 Å². The Kier molecular flexibility index (Phi) is 5.25. The number of hydrogen-bond acceptors (Lipinski definition) is 5. The summed E-state index contributed by atoms with van der Waals surface area (Å²) in [6, 6.07) is 3.63. The van der Waals surface area contributed by atoms with Gasteiger partial charge in [0.05, 0.1) is 23.6 Å². The summed E-state index contributed by atoms with van der Waals surface area (Å²) in [6.07, 6.45) is 6.93. The number of hydrogen-bond donors (Lipinski definition) is 2. The normalized spacial score (nSPS) is 24.5. The van der Waals surface area contributed by atoms with Gasteiger partial charge in [0.1, 0.15) is 0 Å². The summed E-state index contributed by atoms with van der Waals surface area (Å²) in [4.78, 5) is 18.2. The monoisotopic (exact) mass is 319 g/mol. The van der Waals surface area contributed by atoms with E-state index >= 15 is 0 Å². The lowest BCUT2D eigenvalue weighted by molar-refractivity contribution is -0.176. The largest absolute Gasteiger partial charge is 0.390 e. The van der Waals surface area contributed by atoms with Crippen molar-refractivity contribution < 1.29 is 14.6 Å². The molecule has 6 heteroatoms. The van der Waals surface area contributed by atoms with Crippen LogP contribution in [0.5, 0.6) is 0 Å². The van der Waals surface area contributed by atoms with E-state index in [2.05, 4.69) is 15.2 Å². The zero-order chi connectivity index (χ0) is 16.1. The van der Waals surface area contributed by atoms with Gasteiger partial charge in [0, 0.05) is 38.9 Å². The maximum atomic E-state index is 12.0. The summed E-state index contributed by atoms with van der Waals surface area (Å²) in [7, 11) is 0. The Balaban J connectivity index is 1.41. The van der Waals surface area contributed by atoms with E-state index in [1.807, 2.05) is 6.07 Å². The minimum Gasteiger partial charge on any atom is -0.390 e. The molecular formula is C17H25N3O3. The first-order valence-corrected chi connectivity index (χ1v) is 8.42. The van der Waals surface area contributed by atoms with Crippen molar-refractivity contribution >= 4 is 11.6 Å². The van der Waals surface area contributed by atoms with Gasteiger partial charge in [-0.15, -0.1) is 0 Å². The van der Waals surface area contributed by atoms with Crippen LogP contribution in [0.1, 0.15) is 32.1 Å². The predicted molar refractivity (Wildman–Crippen MR) is 87.1 cm³/mol. The van der Waals surface area contributed by atoms with Crippen molar-refractivity contribution in [1.29, 1.82) is 0 Å². The second-order valence-electron chi connectivity index (χ2n) is 6.45. The molecule has 0 saturated carbocycles. The minimum absolute atomic E-state index is 0.00670. The number of aliphatic hydroxyl groups excluding tert-OH is 1. The minimum atomic E-state index is -0.341. The molecule has 0 radical (unpaired) electrons. The maximum absolute atomic E-state index is 12.0. The van der Waals surface area contributed by atoms with Crippen LogP contribution in [-0.4, -0.2) is 58.8 Å². The van der Waals surface area contributed by atoms with Crippen LogP contribution in [-0.2, 0) is 9.53 Å². The molecule has 0 unspecified atom stereocenters. The van der Waals surface area contributed by atoms with E-state index in [-0.39, 0.29) is 17.6 Å². The molecule has 23 heavy (non-hydrogen) atoms. The van der Waals surface area contributed by atoms with Gasteiger partial charge in [-0.2, -0.15) is 0 Å². The van der Waals surface area contributed by atoms with Crippen LogP contribution in [0.25, 0.3) is 0 Å². The molecular weight excluding hydrogens is 294 g/mol. The highest BCUT2D eigenvalue weighted by Crippen LogP contribution is 2.35. The fourth-order valence-corrected chi connectivity index (χ4v) is 3.46. The number of aliphatic hydroxyl groups is 1. The Morgan fingerprint density at radius 1 is 1.48 bits per heavy atom. The molecule has 1 atom stereocenters. The molecule has 1 aromatic rings. The predicted octanol–water partition coefficient (Wildman–Crippen LogP) is 1.42. The molecule has 0 aromatic carbocycles. The van der Waals surface area contributed by atoms with Crippen LogP contribution in [0.2, 0.25) is 0 Å². The molecule has 2 aliphatic rings. The number of nitrogens with zero attached hydrogens (tertiary/aromatic N) is 2. The van der Waals surface area contributed by atoms with Crippen LogP contribution in [0.15, 0.2) is 24.5 Å². The van der Waals surface area contributed by atoms with Gasteiger partial charge in [-0.25, -0.2) is 0 Å². The van der Waals surface area contributed by atoms with Crippen LogP contribution in [0, 0.1) is 0 Å². The van der Waals surface area contributed by atoms with Crippen molar-refractivity contribution in [3.63, 3.8) is 0 Å². The smallest absolute Gasteiger partial charge is 0.225 e.